The van der Waals surface area contributed by atoms with E-state index < -0.39 is 6.36 Å². The van der Waals surface area contributed by atoms with E-state index >= 15 is 0 Å². The maximum Gasteiger partial charge on any atom is 0.573 e. The molecule has 3 rings (SSSR count). The van der Waals surface area contributed by atoms with Gasteiger partial charge in [-0.3, -0.25) is 9.98 Å². The van der Waals surface area contributed by atoms with Crippen LogP contribution in [0.3, 0.4) is 0 Å². The average Bonchev–Trinajstić information content (AvgIpc) is 2.68. The van der Waals surface area contributed by atoms with Crippen LogP contribution in [-0.4, -0.2) is 24.4 Å². The largest absolute Gasteiger partial charge is 0.573 e. The van der Waals surface area contributed by atoms with Gasteiger partial charge in [-0.15, -0.1) is 13.2 Å². The summed E-state index contributed by atoms with van der Waals surface area (Å²) >= 11 is 0. The third kappa shape index (κ3) is 5.12. The summed E-state index contributed by atoms with van der Waals surface area (Å²) in [4.78, 5) is 8.51. The monoisotopic (exact) mass is 388 g/mol. The summed E-state index contributed by atoms with van der Waals surface area (Å²) in [7, 11) is 1.59. The van der Waals surface area contributed by atoms with Crippen LogP contribution < -0.4 is 15.4 Å². The van der Waals surface area contributed by atoms with E-state index in [1.54, 1.807) is 25.4 Å². The standard InChI is InChI=1S/C20H19F3N4O/c1-24-19(26-12-15-6-2-3-10-17(15)28-20(21,22)23)27-13-16-8-4-7-14-9-5-11-25-18(14)16/h2-11H,12-13H2,1H3,(H2,24,26,27). The molecule has 0 aliphatic heterocycles. The van der Waals surface area contributed by atoms with Gasteiger partial charge in [0.15, 0.2) is 5.96 Å². The Balaban J connectivity index is 1.65. The van der Waals surface area contributed by atoms with E-state index in [2.05, 4.69) is 25.3 Å². The minimum Gasteiger partial charge on any atom is -0.405 e. The number of hydrogen-bond acceptors (Lipinski definition) is 3. The molecule has 2 aromatic carbocycles. The smallest absolute Gasteiger partial charge is 0.405 e. The second kappa shape index (κ2) is 8.60. The Morgan fingerprint density at radius 3 is 2.39 bits per heavy atom. The molecular weight excluding hydrogens is 369 g/mol. The fourth-order valence-corrected chi connectivity index (χ4v) is 2.76. The Morgan fingerprint density at radius 1 is 0.964 bits per heavy atom. The lowest BCUT2D eigenvalue weighted by atomic mass is 10.1. The molecule has 28 heavy (non-hydrogen) atoms. The highest BCUT2D eigenvalue weighted by Gasteiger charge is 2.31. The summed E-state index contributed by atoms with van der Waals surface area (Å²) < 4.78 is 41.7. The first-order chi connectivity index (χ1) is 13.5. The number of halogens is 3. The summed E-state index contributed by atoms with van der Waals surface area (Å²) in [6.07, 6.45) is -3.01. The first-order valence-corrected chi connectivity index (χ1v) is 8.57. The zero-order chi connectivity index (χ0) is 20.0. The highest BCUT2D eigenvalue weighted by molar-refractivity contribution is 5.83. The maximum absolute atomic E-state index is 12.5. The molecule has 2 N–H and O–H groups in total. The van der Waals surface area contributed by atoms with Gasteiger partial charge in [-0.1, -0.05) is 42.5 Å². The Labute approximate surface area is 160 Å². The van der Waals surface area contributed by atoms with Crippen molar-refractivity contribution in [3.8, 4) is 5.75 Å². The van der Waals surface area contributed by atoms with Crippen molar-refractivity contribution in [3.05, 3.63) is 71.9 Å². The van der Waals surface area contributed by atoms with E-state index in [9.17, 15) is 13.2 Å². The van der Waals surface area contributed by atoms with Crippen LogP contribution >= 0.6 is 0 Å². The molecule has 0 saturated carbocycles. The van der Waals surface area contributed by atoms with Crippen LogP contribution in [0.2, 0.25) is 0 Å². The van der Waals surface area contributed by atoms with Crippen LogP contribution in [0.25, 0.3) is 10.9 Å². The number of rotatable bonds is 5. The van der Waals surface area contributed by atoms with Crippen LogP contribution in [0, 0.1) is 0 Å². The molecule has 0 atom stereocenters. The van der Waals surface area contributed by atoms with Crippen LogP contribution in [0.1, 0.15) is 11.1 Å². The number of para-hydroxylation sites is 2. The third-order valence-electron chi connectivity index (χ3n) is 4.03. The molecule has 0 saturated heterocycles. The van der Waals surface area contributed by atoms with Gasteiger partial charge in [0.25, 0.3) is 0 Å². The zero-order valence-corrected chi connectivity index (χ0v) is 15.1. The van der Waals surface area contributed by atoms with E-state index in [1.165, 1.54) is 12.1 Å². The highest BCUT2D eigenvalue weighted by Crippen LogP contribution is 2.26. The summed E-state index contributed by atoms with van der Waals surface area (Å²) in [5.41, 5.74) is 2.24. The number of hydrogen-bond donors (Lipinski definition) is 2. The maximum atomic E-state index is 12.5. The first kappa shape index (κ1) is 19.5. The molecule has 0 fully saturated rings. The molecule has 0 aliphatic rings. The molecule has 0 amide bonds. The summed E-state index contributed by atoms with van der Waals surface area (Å²) in [6.45, 7) is 0.592. The van der Waals surface area contributed by atoms with Crippen molar-refractivity contribution in [3.63, 3.8) is 0 Å². The van der Waals surface area contributed by atoms with Gasteiger partial charge in [-0.25, -0.2) is 0 Å². The molecule has 0 unspecified atom stereocenters. The molecule has 0 bridgehead atoms. The molecule has 5 nitrogen and oxygen atoms in total. The fourth-order valence-electron chi connectivity index (χ4n) is 2.76. The van der Waals surface area contributed by atoms with Crippen LogP contribution in [-0.2, 0) is 13.1 Å². The predicted molar refractivity (Wildman–Crippen MR) is 102 cm³/mol. The number of aromatic nitrogens is 1. The lowest BCUT2D eigenvalue weighted by Gasteiger charge is -2.16. The van der Waals surface area contributed by atoms with Crippen molar-refractivity contribution >= 4 is 16.9 Å². The number of guanidine groups is 1. The molecule has 1 aromatic heterocycles. The molecule has 0 aliphatic carbocycles. The van der Waals surface area contributed by atoms with Crippen molar-refractivity contribution in [2.75, 3.05) is 7.05 Å². The van der Waals surface area contributed by atoms with Gasteiger partial charge in [0.05, 0.1) is 5.52 Å². The fraction of sp³-hybridized carbons (Fsp3) is 0.200. The van der Waals surface area contributed by atoms with Crippen molar-refractivity contribution in [1.82, 2.24) is 15.6 Å². The van der Waals surface area contributed by atoms with Crippen LogP contribution in [0.4, 0.5) is 13.2 Å². The molecule has 1 heterocycles. The van der Waals surface area contributed by atoms with E-state index in [0.29, 0.717) is 18.1 Å². The summed E-state index contributed by atoms with van der Waals surface area (Å²) in [6, 6.07) is 15.7. The average molecular weight is 388 g/mol. The van der Waals surface area contributed by atoms with E-state index in [1.807, 2.05) is 30.3 Å². The lowest BCUT2D eigenvalue weighted by molar-refractivity contribution is -0.274. The molecule has 146 valence electrons. The Hall–Kier alpha value is -3.29. The van der Waals surface area contributed by atoms with Gasteiger partial charge < -0.3 is 15.4 Å². The zero-order valence-electron chi connectivity index (χ0n) is 15.1. The summed E-state index contributed by atoms with van der Waals surface area (Å²) in [5.74, 6) is 0.214. The second-order valence-corrected chi connectivity index (χ2v) is 5.93. The minimum atomic E-state index is -4.74. The second-order valence-electron chi connectivity index (χ2n) is 5.93. The van der Waals surface area contributed by atoms with Crippen LogP contribution in [0.15, 0.2) is 65.8 Å². The first-order valence-electron chi connectivity index (χ1n) is 8.57. The van der Waals surface area contributed by atoms with Crippen molar-refractivity contribution in [2.24, 2.45) is 4.99 Å². The number of alkyl halides is 3. The normalized spacial score (nSPS) is 12.1. The number of nitrogens with one attached hydrogen (secondary N) is 2. The highest BCUT2D eigenvalue weighted by atomic mass is 19.4. The van der Waals surface area contributed by atoms with Gasteiger partial charge >= 0.3 is 6.36 Å². The number of nitrogens with zero attached hydrogens (tertiary/aromatic N) is 2. The SMILES string of the molecule is CN=C(NCc1ccccc1OC(F)(F)F)NCc1cccc2cccnc12. The number of ether oxygens (including phenoxy) is 1. The van der Waals surface area contributed by atoms with Crippen molar-refractivity contribution < 1.29 is 17.9 Å². The quantitative estimate of drug-likeness (QED) is 0.512. The van der Waals surface area contributed by atoms with Gasteiger partial charge in [-0.05, 0) is 17.7 Å². The molecule has 0 spiro atoms. The Kier molecular flexibility index (Phi) is 5.98. The van der Waals surface area contributed by atoms with E-state index in [4.69, 9.17) is 0 Å². The van der Waals surface area contributed by atoms with Gasteiger partial charge in [0, 0.05) is 37.3 Å². The number of benzene rings is 2. The number of pyridine rings is 1. The Bertz CT molecular complexity index is 968. The molecule has 0 radical (unpaired) electrons. The molecular formula is C20H19F3N4O. The van der Waals surface area contributed by atoms with Gasteiger partial charge in [0.2, 0.25) is 0 Å². The molecule has 3 aromatic rings. The number of fused-ring (bicyclic) bond motifs is 1. The van der Waals surface area contributed by atoms with Crippen LogP contribution in [0.5, 0.6) is 5.75 Å². The predicted octanol–water partition coefficient (Wildman–Crippen LogP) is 4.00. The summed E-state index contributed by atoms with van der Waals surface area (Å²) in [5, 5.41) is 7.18. The van der Waals surface area contributed by atoms with Gasteiger partial charge in [-0.2, -0.15) is 0 Å². The van der Waals surface area contributed by atoms with E-state index in [-0.39, 0.29) is 12.3 Å². The van der Waals surface area contributed by atoms with Gasteiger partial charge in [0.1, 0.15) is 5.75 Å². The van der Waals surface area contributed by atoms with Crippen molar-refractivity contribution in [2.45, 2.75) is 19.5 Å². The van der Waals surface area contributed by atoms with E-state index in [0.717, 1.165) is 16.5 Å². The minimum absolute atomic E-state index is 0.125. The van der Waals surface area contributed by atoms with Crippen molar-refractivity contribution in [1.29, 1.82) is 0 Å². The third-order valence-corrected chi connectivity index (χ3v) is 4.03. The lowest BCUT2D eigenvalue weighted by Crippen LogP contribution is -2.36. The Morgan fingerprint density at radius 2 is 1.64 bits per heavy atom. The number of aliphatic imine (C=N–C) groups is 1. The topological polar surface area (TPSA) is 58.5 Å². The molecule has 8 heteroatoms.